The Kier molecular flexibility index (Phi) is 6.23. The van der Waals surface area contributed by atoms with Gasteiger partial charge in [-0.3, -0.25) is 4.98 Å². The summed E-state index contributed by atoms with van der Waals surface area (Å²) in [5.74, 6) is 0. The molecule has 2 amide bonds. The number of nitrogens with zero attached hydrogens (tertiary/aromatic N) is 2. The lowest BCUT2D eigenvalue weighted by molar-refractivity contribution is 0.212. The number of anilines is 1. The average molecular weight is 408 g/mol. The largest absolute Gasteiger partial charge is 0.322 e. The lowest BCUT2D eigenvalue weighted by Crippen LogP contribution is -2.36. The van der Waals surface area contributed by atoms with Crippen molar-refractivity contribution in [3.05, 3.63) is 94.8 Å². The SMILES string of the molecule is CN(C(=O)Nc1ccccc1C(C)(C)C)C(c1ccc(Cl)cc1)c1cccnc1. The van der Waals surface area contributed by atoms with Gasteiger partial charge in [-0.05, 0) is 46.4 Å². The van der Waals surface area contributed by atoms with E-state index in [2.05, 4.69) is 31.1 Å². The second-order valence-corrected chi connectivity index (χ2v) is 8.51. The quantitative estimate of drug-likeness (QED) is 0.552. The Hall–Kier alpha value is -2.85. The minimum Gasteiger partial charge on any atom is -0.316 e. The van der Waals surface area contributed by atoms with Gasteiger partial charge in [-0.2, -0.15) is 0 Å². The van der Waals surface area contributed by atoms with E-state index < -0.39 is 0 Å². The van der Waals surface area contributed by atoms with Gasteiger partial charge < -0.3 is 10.2 Å². The van der Waals surface area contributed by atoms with Gasteiger partial charge >= 0.3 is 6.03 Å². The van der Waals surface area contributed by atoms with Crippen molar-refractivity contribution in [3.63, 3.8) is 0 Å². The van der Waals surface area contributed by atoms with Gasteiger partial charge in [0, 0.05) is 30.2 Å². The van der Waals surface area contributed by atoms with Crippen LogP contribution >= 0.6 is 11.6 Å². The van der Waals surface area contributed by atoms with Crippen molar-refractivity contribution >= 4 is 23.3 Å². The maximum Gasteiger partial charge on any atom is 0.322 e. The number of benzene rings is 2. The molecule has 0 fully saturated rings. The highest BCUT2D eigenvalue weighted by Gasteiger charge is 2.25. The lowest BCUT2D eigenvalue weighted by atomic mass is 9.86. The van der Waals surface area contributed by atoms with Crippen molar-refractivity contribution in [2.75, 3.05) is 12.4 Å². The molecule has 1 unspecified atom stereocenters. The van der Waals surface area contributed by atoms with E-state index in [4.69, 9.17) is 11.6 Å². The molecule has 0 bridgehead atoms. The van der Waals surface area contributed by atoms with E-state index in [-0.39, 0.29) is 17.5 Å². The molecule has 1 heterocycles. The maximum atomic E-state index is 13.2. The van der Waals surface area contributed by atoms with Crippen molar-refractivity contribution in [2.45, 2.75) is 32.2 Å². The molecule has 0 radical (unpaired) electrons. The predicted molar refractivity (Wildman–Crippen MR) is 119 cm³/mol. The van der Waals surface area contributed by atoms with Gasteiger partial charge in [-0.25, -0.2) is 4.79 Å². The van der Waals surface area contributed by atoms with E-state index in [1.165, 1.54) is 0 Å². The third kappa shape index (κ3) is 4.96. The maximum absolute atomic E-state index is 13.2. The molecule has 29 heavy (non-hydrogen) atoms. The van der Waals surface area contributed by atoms with Crippen molar-refractivity contribution < 1.29 is 4.79 Å². The number of pyridine rings is 1. The van der Waals surface area contributed by atoms with Crippen molar-refractivity contribution in [1.82, 2.24) is 9.88 Å². The highest BCUT2D eigenvalue weighted by molar-refractivity contribution is 6.30. The Morgan fingerprint density at radius 1 is 1.00 bits per heavy atom. The summed E-state index contributed by atoms with van der Waals surface area (Å²) in [5, 5.41) is 3.75. The van der Waals surface area contributed by atoms with Crippen LogP contribution in [0.4, 0.5) is 10.5 Å². The topological polar surface area (TPSA) is 45.2 Å². The summed E-state index contributed by atoms with van der Waals surface area (Å²) in [7, 11) is 1.79. The number of hydrogen-bond acceptors (Lipinski definition) is 2. The fourth-order valence-electron chi connectivity index (χ4n) is 3.39. The van der Waals surface area contributed by atoms with Crippen molar-refractivity contribution in [1.29, 1.82) is 0 Å². The van der Waals surface area contributed by atoms with Crippen LogP contribution in [0.5, 0.6) is 0 Å². The molecular formula is C24H26ClN3O. The van der Waals surface area contributed by atoms with Gasteiger partial charge in [0.05, 0.1) is 6.04 Å². The number of aromatic nitrogens is 1. The molecule has 0 aliphatic rings. The van der Waals surface area contributed by atoms with Crippen LogP contribution in [0.2, 0.25) is 5.02 Å². The minimum atomic E-state index is -0.289. The van der Waals surface area contributed by atoms with E-state index in [1.807, 2.05) is 60.7 Å². The molecule has 2 aromatic carbocycles. The molecule has 5 heteroatoms. The molecular weight excluding hydrogens is 382 g/mol. The van der Waals surface area contributed by atoms with Crippen LogP contribution in [0.25, 0.3) is 0 Å². The first-order valence-electron chi connectivity index (χ1n) is 9.56. The van der Waals surface area contributed by atoms with Crippen LogP contribution in [0, 0.1) is 0 Å². The second kappa shape index (κ2) is 8.66. The summed E-state index contributed by atoms with van der Waals surface area (Å²) in [4.78, 5) is 19.1. The van der Waals surface area contributed by atoms with Crippen molar-refractivity contribution in [3.8, 4) is 0 Å². The molecule has 1 atom stereocenters. The first-order chi connectivity index (χ1) is 13.8. The summed E-state index contributed by atoms with van der Waals surface area (Å²) in [6, 6.07) is 18.8. The third-order valence-electron chi connectivity index (χ3n) is 4.87. The first-order valence-corrected chi connectivity index (χ1v) is 9.94. The van der Waals surface area contributed by atoms with Crippen LogP contribution in [-0.4, -0.2) is 23.0 Å². The molecule has 0 aliphatic heterocycles. The zero-order valence-corrected chi connectivity index (χ0v) is 17.9. The van der Waals surface area contributed by atoms with Crippen LogP contribution < -0.4 is 5.32 Å². The van der Waals surface area contributed by atoms with Gasteiger partial charge in [-0.15, -0.1) is 0 Å². The molecule has 0 spiro atoms. The lowest BCUT2D eigenvalue weighted by Gasteiger charge is -2.30. The van der Waals surface area contributed by atoms with E-state index in [0.717, 1.165) is 22.4 Å². The normalized spacial score (nSPS) is 12.3. The smallest absolute Gasteiger partial charge is 0.316 e. The number of urea groups is 1. The Morgan fingerprint density at radius 2 is 1.69 bits per heavy atom. The molecule has 3 aromatic rings. The first kappa shape index (κ1) is 20.9. The molecule has 150 valence electrons. The second-order valence-electron chi connectivity index (χ2n) is 8.08. The van der Waals surface area contributed by atoms with E-state index in [0.29, 0.717) is 5.02 Å². The van der Waals surface area contributed by atoms with Gasteiger partial charge in [0.1, 0.15) is 0 Å². The number of nitrogens with one attached hydrogen (secondary N) is 1. The molecule has 0 saturated heterocycles. The van der Waals surface area contributed by atoms with E-state index >= 15 is 0 Å². The Morgan fingerprint density at radius 3 is 2.31 bits per heavy atom. The highest BCUT2D eigenvalue weighted by atomic mass is 35.5. The number of hydrogen-bond donors (Lipinski definition) is 1. The van der Waals surface area contributed by atoms with E-state index in [9.17, 15) is 4.79 Å². The number of carbonyl (C=O) groups excluding carboxylic acids is 1. The summed E-state index contributed by atoms with van der Waals surface area (Å²) in [6.07, 6.45) is 3.51. The number of carbonyl (C=O) groups is 1. The number of halogens is 1. The van der Waals surface area contributed by atoms with Crippen molar-refractivity contribution in [2.24, 2.45) is 0 Å². The highest BCUT2D eigenvalue weighted by Crippen LogP contribution is 2.31. The summed E-state index contributed by atoms with van der Waals surface area (Å²) in [6.45, 7) is 6.40. The summed E-state index contributed by atoms with van der Waals surface area (Å²) in [5.41, 5.74) is 3.71. The Balaban J connectivity index is 1.94. The Labute approximate surface area is 177 Å². The fourth-order valence-corrected chi connectivity index (χ4v) is 3.52. The summed E-state index contributed by atoms with van der Waals surface area (Å²) >= 11 is 6.07. The van der Waals surface area contributed by atoms with Crippen LogP contribution in [0.3, 0.4) is 0 Å². The van der Waals surface area contributed by atoms with Crippen LogP contribution in [0.15, 0.2) is 73.1 Å². The molecule has 1 N–H and O–H groups in total. The zero-order valence-electron chi connectivity index (χ0n) is 17.2. The Bertz CT molecular complexity index is 965. The monoisotopic (exact) mass is 407 g/mol. The fraction of sp³-hybridized carbons (Fsp3) is 0.250. The van der Waals surface area contributed by atoms with E-state index in [1.54, 1.807) is 24.3 Å². The number of rotatable bonds is 4. The summed E-state index contributed by atoms with van der Waals surface area (Å²) < 4.78 is 0. The molecule has 3 rings (SSSR count). The van der Waals surface area contributed by atoms with Crippen LogP contribution in [-0.2, 0) is 5.41 Å². The molecule has 4 nitrogen and oxygen atoms in total. The molecule has 0 saturated carbocycles. The zero-order chi connectivity index (χ0) is 21.0. The van der Waals surface area contributed by atoms with Gasteiger partial charge in [-0.1, -0.05) is 68.8 Å². The van der Waals surface area contributed by atoms with Gasteiger partial charge in [0.15, 0.2) is 0 Å². The average Bonchev–Trinajstić information content (AvgIpc) is 2.70. The number of para-hydroxylation sites is 1. The predicted octanol–water partition coefficient (Wildman–Crippen LogP) is 6.29. The number of amides is 2. The van der Waals surface area contributed by atoms with Gasteiger partial charge in [0.2, 0.25) is 0 Å². The third-order valence-corrected chi connectivity index (χ3v) is 5.12. The standard InChI is InChI=1S/C24H26ClN3O/c1-24(2,3)20-9-5-6-10-21(20)27-23(29)28(4)22(18-8-7-15-26-16-18)17-11-13-19(25)14-12-17/h5-16,22H,1-4H3,(H,27,29). The molecule has 0 aliphatic carbocycles. The van der Waals surface area contributed by atoms with Crippen LogP contribution in [0.1, 0.15) is 43.5 Å². The minimum absolute atomic E-state index is 0.0820. The molecule has 1 aromatic heterocycles. The van der Waals surface area contributed by atoms with Gasteiger partial charge in [0.25, 0.3) is 0 Å².